The number of hydrogen-bond acceptors (Lipinski definition) is 3. The van der Waals surface area contributed by atoms with Gasteiger partial charge in [0.15, 0.2) is 0 Å². The minimum absolute atomic E-state index is 0.393. The number of aliphatic hydroxyl groups is 1. The molecule has 0 aromatic carbocycles. The molecule has 1 saturated heterocycles. The Balaban J connectivity index is 1.72. The fourth-order valence-electron chi connectivity index (χ4n) is 2.88. The van der Waals surface area contributed by atoms with Crippen molar-refractivity contribution in [2.75, 3.05) is 26.7 Å². The molecule has 1 unspecified atom stereocenters. The van der Waals surface area contributed by atoms with Crippen molar-refractivity contribution < 1.29 is 5.11 Å². The van der Waals surface area contributed by atoms with Crippen LogP contribution in [0.25, 0.3) is 0 Å². The molecule has 0 aromatic rings. The predicted molar refractivity (Wildman–Crippen MR) is 61.9 cm³/mol. The summed E-state index contributed by atoms with van der Waals surface area (Å²) in [6, 6.07) is 0.591. The number of likely N-dealkylation sites (tertiary alicyclic amines) is 1. The van der Waals surface area contributed by atoms with E-state index in [1.165, 1.54) is 32.2 Å². The number of nitrogens with one attached hydrogen (secondary N) is 1. The zero-order valence-electron chi connectivity index (χ0n) is 9.84. The molecule has 0 amide bonds. The second kappa shape index (κ2) is 4.81. The number of piperidine rings is 1. The normalized spacial score (nSPS) is 32.0. The highest BCUT2D eigenvalue weighted by Gasteiger charge is 2.31. The predicted octanol–water partition coefficient (Wildman–Crippen LogP) is 0.975. The van der Waals surface area contributed by atoms with Gasteiger partial charge in [-0.2, -0.15) is 0 Å². The van der Waals surface area contributed by atoms with Gasteiger partial charge in [-0.25, -0.2) is 0 Å². The van der Waals surface area contributed by atoms with Crippen LogP contribution in [0.1, 0.15) is 38.5 Å². The van der Waals surface area contributed by atoms with Crippen LogP contribution in [0.5, 0.6) is 0 Å². The Hall–Kier alpha value is -0.120. The molecule has 15 heavy (non-hydrogen) atoms. The largest absolute Gasteiger partial charge is 0.389 e. The van der Waals surface area contributed by atoms with E-state index in [2.05, 4.69) is 17.3 Å². The van der Waals surface area contributed by atoms with Gasteiger partial charge >= 0.3 is 0 Å². The molecule has 0 radical (unpaired) electrons. The van der Waals surface area contributed by atoms with E-state index in [1.807, 2.05) is 0 Å². The summed E-state index contributed by atoms with van der Waals surface area (Å²) in [6.07, 6.45) is 6.92. The first-order valence-corrected chi connectivity index (χ1v) is 6.32. The molecule has 0 bridgehead atoms. The maximum Gasteiger partial charge on any atom is 0.0771 e. The lowest BCUT2D eigenvalue weighted by molar-refractivity contribution is 0.0416. The van der Waals surface area contributed by atoms with Gasteiger partial charge in [-0.1, -0.05) is 12.8 Å². The van der Waals surface area contributed by atoms with E-state index in [1.54, 1.807) is 0 Å². The average molecular weight is 212 g/mol. The molecular formula is C12H24N2O. The quantitative estimate of drug-likeness (QED) is 0.732. The molecule has 1 aliphatic carbocycles. The van der Waals surface area contributed by atoms with Crippen LogP contribution >= 0.6 is 0 Å². The van der Waals surface area contributed by atoms with Crippen LogP contribution in [0.2, 0.25) is 0 Å². The van der Waals surface area contributed by atoms with Gasteiger partial charge < -0.3 is 15.3 Å². The molecule has 2 aliphatic rings. The van der Waals surface area contributed by atoms with E-state index < -0.39 is 5.60 Å². The van der Waals surface area contributed by atoms with Crippen molar-refractivity contribution in [2.45, 2.75) is 50.2 Å². The van der Waals surface area contributed by atoms with E-state index in [4.69, 9.17) is 0 Å². The van der Waals surface area contributed by atoms with Crippen LogP contribution in [-0.2, 0) is 0 Å². The highest BCUT2D eigenvalue weighted by molar-refractivity contribution is 4.88. The minimum atomic E-state index is -0.393. The van der Waals surface area contributed by atoms with Crippen molar-refractivity contribution in [3.8, 4) is 0 Å². The Morgan fingerprint density at radius 1 is 1.33 bits per heavy atom. The van der Waals surface area contributed by atoms with Gasteiger partial charge in [0.05, 0.1) is 5.60 Å². The molecule has 0 aromatic heterocycles. The molecule has 3 nitrogen and oxygen atoms in total. The summed E-state index contributed by atoms with van der Waals surface area (Å²) in [5.74, 6) is 0. The molecule has 2 rings (SSSR count). The van der Waals surface area contributed by atoms with Gasteiger partial charge in [0.25, 0.3) is 0 Å². The number of nitrogens with zero attached hydrogens (tertiary/aromatic N) is 1. The van der Waals surface area contributed by atoms with Gasteiger partial charge in [-0.05, 0) is 39.3 Å². The fourth-order valence-corrected chi connectivity index (χ4v) is 2.88. The van der Waals surface area contributed by atoms with Gasteiger partial charge in [0, 0.05) is 19.1 Å². The van der Waals surface area contributed by atoms with Crippen LogP contribution in [0.4, 0.5) is 0 Å². The van der Waals surface area contributed by atoms with Crippen molar-refractivity contribution in [1.82, 2.24) is 10.2 Å². The molecule has 1 saturated carbocycles. The fraction of sp³-hybridized carbons (Fsp3) is 1.00. The van der Waals surface area contributed by atoms with Crippen molar-refractivity contribution in [3.63, 3.8) is 0 Å². The highest BCUT2D eigenvalue weighted by atomic mass is 16.3. The lowest BCUT2D eigenvalue weighted by Crippen LogP contribution is -2.49. The molecule has 88 valence electrons. The summed E-state index contributed by atoms with van der Waals surface area (Å²) < 4.78 is 0. The Labute approximate surface area is 92.8 Å². The summed E-state index contributed by atoms with van der Waals surface area (Å²) in [4.78, 5) is 2.37. The molecule has 1 aliphatic heterocycles. The van der Waals surface area contributed by atoms with E-state index in [0.717, 1.165) is 25.9 Å². The smallest absolute Gasteiger partial charge is 0.0771 e. The van der Waals surface area contributed by atoms with Crippen molar-refractivity contribution in [1.29, 1.82) is 0 Å². The lowest BCUT2D eigenvalue weighted by Gasteiger charge is -2.33. The zero-order valence-corrected chi connectivity index (χ0v) is 9.84. The summed E-state index contributed by atoms with van der Waals surface area (Å²) in [5.41, 5.74) is -0.393. The topological polar surface area (TPSA) is 35.5 Å². The Kier molecular flexibility index (Phi) is 3.65. The molecule has 2 fully saturated rings. The molecule has 1 atom stereocenters. The second-order valence-electron chi connectivity index (χ2n) is 5.41. The Morgan fingerprint density at radius 3 is 2.73 bits per heavy atom. The highest BCUT2D eigenvalue weighted by Crippen LogP contribution is 2.28. The number of rotatable bonds is 3. The third kappa shape index (κ3) is 3.16. The Bertz CT molecular complexity index is 202. The minimum Gasteiger partial charge on any atom is -0.389 e. The van der Waals surface area contributed by atoms with E-state index >= 15 is 0 Å². The van der Waals surface area contributed by atoms with Gasteiger partial charge in [-0.15, -0.1) is 0 Å². The van der Waals surface area contributed by atoms with Crippen molar-refractivity contribution >= 4 is 0 Å². The first-order chi connectivity index (χ1) is 7.18. The third-order valence-corrected chi connectivity index (χ3v) is 3.88. The number of hydrogen-bond donors (Lipinski definition) is 2. The Morgan fingerprint density at radius 2 is 2.07 bits per heavy atom. The zero-order chi connectivity index (χ0) is 10.7. The molecule has 1 heterocycles. The van der Waals surface area contributed by atoms with E-state index in [-0.39, 0.29) is 0 Å². The maximum absolute atomic E-state index is 10.2. The number of likely N-dealkylation sites (N-methyl/N-ethyl adjacent to an activating group) is 1. The summed E-state index contributed by atoms with van der Waals surface area (Å²) in [7, 11) is 2.18. The molecule has 2 N–H and O–H groups in total. The van der Waals surface area contributed by atoms with Crippen LogP contribution in [-0.4, -0.2) is 48.3 Å². The standard InChI is InChI=1S/C12H24N2O/c1-14-8-4-5-11(9-14)13-10-12(15)6-2-3-7-12/h11,13,15H,2-10H2,1H3. The van der Waals surface area contributed by atoms with Crippen molar-refractivity contribution in [3.05, 3.63) is 0 Å². The van der Waals surface area contributed by atoms with Crippen LogP contribution in [0.3, 0.4) is 0 Å². The SMILES string of the molecule is CN1CCCC(NCC2(O)CCCC2)C1. The van der Waals surface area contributed by atoms with Crippen LogP contribution < -0.4 is 5.32 Å². The van der Waals surface area contributed by atoms with E-state index in [9.17, 15) is 5.11 Å². The molecular weight excluding hydrogens is 188 g/mol. The van der Waals surface area contributed by atoms with Gasteiger partial charge in [0.1, 0.15) is 0 Å². The van der Waals surface area contributed by atoms with Gasteiger partial charge in [0.2, 0.25) is 0 Å². The average Bonchev–Trinajstić information content (AvgIpc) is 2.63. The van der Waals surface area contributed by atoms with Gasteiger partial charge in [-0.3, -0.25) is 0 Å². The van der Waals surface area contributed by atoms with E-state index in [0.29, 0.717) is 6.04 Å². The lowest BCUT2D eigenvalue weighted by atomic mass is 10.0. The van der Waals surface area contributed by atoms with Crippen LogP contribution in [0.15, 0.2) is 0 Å². The second-order valence-corrected chi connectivity index (χ2v) is 5.41. The van der Waals surface area contributed by atoms with Crippen LogP contribution in [0, 0.1) is 0 Å². The maximum atomic E-state index is 10.2. The monoisotopic (exact) mass is 212 g/mol. The summed E-state index contributed by atoms with van der Waals surface area (Å²) in [6.45, 7) is 3.16. The summed E-state index contributed by atoms with van der Waals surface area (Å²) in [5, 5.41) is 13.8. The van der Waals surface area contributed by atoms with Crippen molar-refractivity contribution in [2.24, 2.45) is 0 Å². The third-order valence-electron chi connectivity index (χ3n) is 3.88. The molecule has 0 spiro atoms. The summed E-state index contributed by atoms with van der Waals surface area (Å²) >= 11 is 0. The molecule has 3 heteroatoms. The first kappa shape index (κ1) is 11.4. The first-order valence-electron chi connectivity index (χ1n) is 6.32.